The molecule has 0 saturated heterocycles. The third-order valence-corrected chi connectivity index (χ3v) is 5.55. The number of aryl methyl sites for hydroxylation is 1. The first-order valence-corrected chi connectivity index (χ1v) is 9.11. The quantitative estimate of drug-likeness (QED) is 0.764. The maximum absolute atomic E-state index is 12.7. The smallest absolute Gasteiger partial charge is 0.243 e. The van der Waals surface area contributed by atoms with Gasteiger partial charge in [0.2, 0.25) is 10.0 Å². The predicted molar refractivity (Wildman–Crippen MR) is 89.2 cm³/mol. The van der Waals surface area contributed by atoms with Crippen LogP contribution < -0.4 is 4.74 Å². The molecule has 8 heteroatoms. The van der Waals surface area contributed by atoms with Gasteiger partial charge in [0.25, 0.3) is 0 Å². The van der Waals surface area contributed by atoms with Gasteiger partial charge in [-0.3, -0.25) is 4.68 Å². The van der Waals surface area contributed by atoms with Crippen LogP contribution >= 0.6 is 11.6 Å². The van der Waals surface area contributed by atoms with E-state index in [1.165, 1.54) is 29.7 Å². The molecule has 0 fully saturated rings. The van der Waals surface area contributed by atoms with Crippen LogP contribution in [0, 0.1) is 0 Å². The maximum Gasteiger partial charge on any atom is 0.243 e. The Balaban J connectivity index is 2.22. The monoisotopic (exact) mass is 357 g/mol. The highest BCUT2D eigenvalue weighted by molar-refractivity contribution is 7.89. The number of nitrogens with zero attached hydrogens (tertiary/aromatic N) is 3. The number of sulfonamides is 1. The van der Waals surface area contributed by atoms with E-state index < -0.39 is 10.0 Å². The second-order valence-electron chi connectivity index (χ2n) is 4.92. The number of hydrogen-bond donors (Lipinski definition) is 0. The van der Waals surface area contributed by atoms with Gasteiger partial charge in [-0.2, -0.15) is 9.40 Å². The first-order valence-electron chi connectivity index (χ1n) is 7.29. The van der Waals surface area contributed by atoms with E-state index in [1.807, 2.05) is 13.8 Å². The molecule has 0 spiro atoms. The minimum Gasteiger partial charge on any atom is -0.494 e. The second kappa shape index (κ2) is 7.33. The summed E-state index contributed by atoms with van der Waals surface area (Å²) in [7, 11) is -2.09. The lowest BCUT2D eigenvalue weighted by Gasteiger charge is -2.18. The minimum absolute atomic E-state index is 0.155. The highest BCUT2D eigenvalue weighted by Crippen LogP contribution is 2.22. The number of rotatable bonds is 7. The van der Waals surface area contributed by atoms with Crippen LogP contribution in [0.25, 0.3) is 0 Å². The molecule has 0 atom stereocenters. The molecule has 0 aliphatic heterocycles. The molecule has 0 bridgehead atoms. The molecule has 1 heterocycles. The van der Waals surface area contributed by atoms with Crippen LogP contribution in [0.1, 0.15) is 19.5 Å². The van der Waals surface area contributed by atoms with Gasteiger partial charge in [-0.15, -0.1) is 0 Å². The number of aromatic nitrogens is 2. The first kappa shape index (κ1) is 17.8. The average molecular weight is 358 g/mol. The van der Waals surface area contributed by atoms with Gasteiger partial charge in [0.15, 0.2) is 0 Å². The van der Waals surface area contributed by atoms with Crippen molar-refractivity contribution < 1.29 is 13.2 Å². The molecule has 23 heavy (non-hydrogen) atoms. The molecule has 0 aliphatic rings. The van der Waals surface area contributed by atoms with E-state index in [9.17, 15) is 8.42 Å². The van der Waals surface area contributed by atoms with Crippen molar-refractivity contribution in [2.24, 2.45) is 0 Å². The van der Waals surface area contributed by atoms with Crippen LogP contribution in [0.2, 0.25) is 5.02 Å². The summed E-state index contributed by atoms with van der Waals surface area (Å²) in [5.74, 6) is 0.640. The molecule has 126 valence electrons. The fourth-order valence-electron chi connectivity index (χ4n) is 2.17. The van der Waals surface area contributed by atoms with Crippen molar-refractivity contribution in [3.8, 4) is 5.75 Å². The SMILES string of the molecule is CCOc1ccc(S(=O)(=O)N(C)Cc2c(Cl)cnn2CC)cc1. The highest BCUT2D eigenvalue weighted by atomic mass is 35.5. The number of halogens is 1. The molecule has 0 aliphatic carbocycles. The molecule has 0 unspecified atom stereocenters. The van der Waals surface area contributed by atoms with E-state index in [0.29, 0.717) is 29.6 Å². The van der Waals surface area contributed by atoms with Crippen molar-refractivity contribution in [3.63, 3.8) is 0 Å². The third-order valence-electron chi connectivity index (χ3n) is 3.41. The minimum atomic E-state index is -3.61. The lowest BCUT2D eigenvalue weighted by Crippen LogP contribution is -2.27. The summed E-state index contributed by atoms with van der Waals surface area (Å²) in [6, 6.07) is 6.37. The Labute approximate surface area is 141 Å². The lowest BCUT2D eigenvalue weighted by molar-refractivity contribution is 0.340. The van der Waals surface area contributed by atoms with Gasteiger partial charge < -0.3 is 4.74 Å². The fraction of sp³-hybridized carbons (Fsp3) is 0.400. The molecular formula is C15H20ClN3O3S. The summed E-state index contributed by atoms with van der Waals surface area (Å²) >= 11 is 6.10. The fourth-order valence-corrected chi connectivity index (χ4v) is 3.50. The van der Waals surface area contributed by atoms with Crippen molar-refractivity contribution in [1.29, 1.82) is 0 Å². The van der Waals surface area contributed by atoms with E-state index >= 15 is 0 Å². The molecular weight excluding hydrogens is 338 g/mol. The van der Waals surface area contributed by atoms with Gasteiger partial charge in [0.05, 0.1) is 35.0 Å². The molecule has 0 N–H and O–H groups in total. The zero-order chi connectivity index (χ0) is 17.0. The summed E-state index contributed by atoms with van der Waals surface area (Å²) in [4.78, 5) is 0.210. The summed E-state index contributed by atoms with van der Waals surface area (Å²) in [6.07, 6.45) is 1.53. The zero-order valence-corrected chi connectivity index (χ0v) is 14.9. The molecule has 2 rings (SSSR count). The number of hydrogen-bond acceptors (Lipinski definition) is 4. The Hall–Kier alpha value is -1.57. The Morgan fingerprint density at radius 1 is 1.26 bits per heavy atom. The van der Waals surface area contributed by atoms with Crippen LogP contribution in [0.5, 0.6) is 5.75 Å². The highest BCUT2D eigenvalue weighted by Gasteiger charge is 2.23. The Bertz CT molecular complexity index is 757. The molecule has 6 nitrogen and oxygen atoms in total. The van der Waals surface area contributed by atoms with Gasteiger partial charge >= 0.3 is 0 Å². The van der Waals surface area contributed by atoms with Gasteiger partial charge in [0.1, 0.15) is 5.75 Å². The molecule has 0 saturated carbocycles. The summed E-state index contributed by atoms with van der Waals surface area (Å²) < 4.78 is 33.6. The summed E-state index contributed by atoms with van der Waals surface area (Å²) in [5.41, 5.74) is 0.672. The van der Waals surface area contributed by atoms with E-state index in [0.717, 1.165) is 0 Å². The average Bonchev–Trinajstić information content (AvgIpc) is 2.88. The van der Waals surface area contributed by atoms with E-state index in [1.54, 1.807) is 16.8 Å². The van der Waals surface area contributed by atoms with Gasteiger partial charge in [-0.25, -0.2) is 8.42 Å². The molecule has 0 radical (unpaired) electrons. The maximum atomic E-state index is 12.7. The number of benzene rings is 1. The Morgan fingerprint density at radius 2 is 1.91 bits per heavy atom. The van der Waals surface area contributed by atoms with Crippen molar-refractivity contribution in [2.45, 2.75) is 31.8 Å². The summed E-state index contributed by atoms with van der Waals surface area (Å²) in [6.45, 7) is 5.11. The van der Waals surface area contributed by atoms with Gasteiger partial charge in [-0.1, -0.05) is 11.6 Å². The topological polar surface area (TPSA) is 64.4 Å². The van der Waals surface area contributed by atoms with Crippen LogP contribution in [0.4, 0.5) is 0 Å². The molecule has 0 amide bonds. The van der Waals surface area contributed by atoms with Gasteiger partial charge in [0, 0.05) is 13.6 Å². The largest absolute Gasteiger partial charge is 0.494 e. The van der Waals surface area contributed by atoms with Crippen molar-refractivity contribution in [3.05, 3.63) is 41.2 Å². The zero-order valence-electron chi connectivity index (χ0n) is 13.4. The molecule has 1 aromatic heterocycles. The first-order chi connectivity index (χ1) is 10.9. The standard InChI is InChI=1S/C15H20ClN3O3S/c1-4-19-15(14(16)10-17-19)11-18(3)23(20,21)13-8-6-12(7-9-13)22-5-2/h6-10H,4-5,11H2,1-3H3. The Morgan fingerprint density at radius 3 is 2.48 bits per heavy atom. The second-order valence-corrected chi connectivity index (χ2v) is 7.37. The van der Waals surface area contributed by atoms with Crippen molar-refractivity contribution in [1.82, 2.24) is 14.1 Å². The molecule has 2 aromatic rings. The van der Waals surface area contributed by atoms with Crippen LogP contribution in [0.3, 0.4) is 0 Å². The van der Waals surface area contributed by atoms with E-state index in [4.69, 9.17) is 16.3 Å². The normalized spacial score (nSPS) is 11.9. The van der Waals surface area contributed by atoms with Crippen molar-refractivity contribution in [2.75, 3.05) is 13.7 Å². The summed E-state index contributed by atoms with van der Waals surface area (Å²) in [5, 5.41) is 4.58. The predicted octanol–water partition coefficient (Wildman–Crippen LogP) is 2.78. The van der Waals surface area contributed by atoms with E-state index in [-0.39, 0.29) is 11.4 Å². The lowest BCUT2D eigenvalue weighted by atomic mass is 10.3. The van der Waals surface area contributed by atoms with E-state index in [2.05, 4.69) is 5.10 Å². The van der Waals surface area contributed by atoms with Crippen LogP contribution in [-0.4, -0.2) is 36.2 Å². The van der Waals surface area contributed by atoms with Crippen molar-refractivity contribution >= 4 is 21.6 Å². The molecule has 1 aromatic carbocycles. The number of ether oxygens (including phenoxy) is 1. The van der Waals surface area contributed by atoms with Crippen LogP contribution in [0.15, 0.2) is 35.4 Å². The van der Waals surface area contributed by atoms with Gasteiger partial charge in [-0.05, 0) is 38.1 Å². The third kappa shape index (κ3) is 3.85. The Kier molecular flexibility index (Phi) is 5.67. The van der Waals surface area contributed by atoms with Crippen LogP contribution in [-0.2, 0) is 23.1 Å².